The van der Waals surface area contributed by atoms with E-state index in [2.05, 4.69) is 29.3 Å². The molecule has 5 heteroatoms. The van der Waals surface area contributed by atoms with E-state index in [-0.39, 0.29) is 18.5 Å². The van der Waals surface area contributed by atoms with Gasteiger partial charge < -0.3 is 15.0 Å². The van der Waals surface area contributed by atoms with Crippen molar-refractivity contribution >= 4 is 28.9 Å². The molecule has 142 valence electrons. The monoisotopic (exact) mass is 392 g/mol. The van der Waals surface area contributed by atoms with Gasteiger partial charge in [-0.15, -0.1) is 0 Å². The fourth-order valence-electron chi connectivity index (χ4n) is 3.52. The number of nitrogens with one attached hydrogen (secondary N) is 1. The molecule has 4 rings (SSSR count). The van der Waals surface area contributed by atoms with Gasteiger partial charge in [0.15, 0.2) is 5.75 Å². The molecule has 3 aromatic rings. The standard InChI is InChI=1S/C23H21ClN2O2/c1-16-13-17-7-5-6-10-21(17)26(16)15-23(27)25-20-14-18(24)11-12-22(20)28-19-8-3-2-4-9-19/h2-12,14,16H,13,15H2,1H3,(H,25,27). The Labute approximate surface area is 169 Å². The quantitative estimate of drug-likeness (QED) is 0.621. The van der Waals surface area contributed by atoms with Crippen molar-refractivity contribution in [2.45, 2.75) is 19.4 Å². The first-order chi connectivity index (χ1) is 13.6. The Morgan fingerprint density at radius 1 is 1.11 bits per heavy atom. The molecule has 1 unspecified atom stereocenters. The van der Waals surface area contributed by atoms with Crippen LogP contribution in [0.5, 0.6) is 11.5 Å². The minimum absolute atomic E-state index is 0.108. The number of ether oxygens (including phenoxy) is 1. The van der Waals surface area contributed by atoms with Gasteiger partial charge in [0.1, 0.15) is 5.75 Å². The summed E-state index contributed by atoms with van der Waals surface area (Å²) in [6.45, 7) is 2.41. The first-order valence-corrected chi connectivity index (χ1v) is 9.65. The smallest absolute Gasteiger partial charge is 0.244 e. The molecule has 1 atom stereocenters. The van der Waals surface area contributed by atoms with E-state index in [1.165, 1.54) is 5.56 Å². The van der Waals surface area contributed by atoms with Crippen LogP contribution in [0.1, 0.15) is 12.5 Å². The van der Waals surface area contributed by atoms with E-state index in [9.17, 15) is 4.79 Å². The molecule has 4 nitrogen and oxygen atoms in total. The van der Waals surface area contributed by atoms with Crippen LogP contribution in [0.4, 0.5) is 11.4 Å². The summed E-state index contributed by atoms with van der Waals surface area (Å²) in [5.41, 5.74) is 2.96. The number of para-hydroxylation sites is 2. The molecule has 0 spiro atoms. The number of rotatable bonds is 5. The van der Waals surface area contributed by atoms with Crippen molar-refractivity contribution in [2.75, 3.05) is 16.8 Å². The van der Waals surface area contributed by atoms with Gasteiger partial charge in [0.05, 0.1) is 12.2 Å². The van der Waals surface area contributed by atoms with Crippen molar-refractivity contribution in [3.63, 3.8) is 0 Å². The molecule has 0 aromatic heterocycles. The van der Waals surface area contributed by atoms with Gasteiger partial charge in [0.2, 0.25) is 5.91 Å². The van der Waals surface area contributed by atoms with Gasteiger partial charge in [0, 0.05) is 16.8 Å². The Balaban J connectivity index is 1.51. The number of anilines is 2. The lowest BCUT2D eigenvalue weighted by molar-refractivity contribution is -0.115. The Kier molecular flexibility index (Phi) is 5.22. The second-order valence-corrected chi connectivity index (χ2v) is 7.35. The number of carbonyl (C=O) groups is 1. The summed E-state index contributed by atoms with van der Waals surface area (Å²) in [5, 5.41) is 3.50. The van der Waals surface area contributed by atoms with Gasteiger partial charge in [-0.1, -0.05) is 48.0 Å². The molecule has 0 aliphatic carbocycles. The highest BCUT2D eigenvalue weighted by molar-refractivity contribution is 6.31. The average molecular weight is 393 g/mol. The SMILES string of the molecule is CC1Cc2ccccc2N1CC(=O)Nc1cc(Cl)ccc1Oc1ccccc1. The molecule has 0 saturated heterocycles. The summed E-state index contributed by atoms with van der Waals surface area (Å²) < 4.78 is 5.93. The molecular formula is C23H21ClN2O2. The first-order valence-electron chi connectivity index (χ1n) is 9.27. The van der Waals surface area contributed by atoms with Gasteiger partial charge in [-0.05, 0) is 55.3 Å². The fraction of sp³-hybridized carbons (Fsp3) is 0.174. The van der Waals surface area contributed by atoms with Crippen molar-refractivity contribution in [1.29, 1.82) is 0 Å². The van der Waals surface area contributed by atoms with Gasteiger partial charge in [-0.2, -0.15) is 0 Å². The maximum Gasteiger partial charge on any atom is 0.244 e. The number of halogens is 1. The van der Waals surface area contributed by atoms with Gasteiger partial charge >= 0.3 is 0 Å². The summed E-state index contributed by atoms with van der Waals surface area (Å²) >= 11 is 6.15. The molecule has 1 amide bonds. The van der Waals surface area contributed by atoms with Crippen LogP contribution in [-0.2, 0) is 11.2 Å². The van der Waals surface area contributed by atoms with Gasteiger partial charge in [0.25, 0.3) is 0 Å². The largest absolute Gasteiger partial charge is 0.455 e. The zero-order chi connectivity index (χ0) is 19.5. The van der Waals surface area contributed by atoms with Crippen LogP contribution in [0, 0.1) is 0 Å². The second kappa shape index (κ2) is 7.95. The molecule has 3 aromatic carbocycles. The maximum absolute atomic E-state index is 12.8. The van der Waals surface area contributed by atoms with E-state index >= 15 is 0 Å². The van der Waals surface area contributed by atoms with Crippen LogP contribution in [-0.4, -0.2) is 18.5 Å². The number of hydrogen-bond donors (Lipinski definition) is 1. The molecule has 1 aliphatic rings. The predicted octanol–water partition coefficient (Wildman–Crippen LogP) is 5.52. The summed E-state index contributed by atoms with van der Waals surface area (Å²) in [7, 11) is 0. The first kappa shape index (κ1) is 18.4. The highest BCUT2D eigenvalue weighted by atomic mass is 35.5. The van der Waals surface area contributed by atoms with Crippen molar-refractivity contribution < 1.29 is 9.53 Å². The van der Waals surface area contributed by atoms with Crippen LogP contribution < -0.4 is 15.0 Å². The van der Waals surface area contributed by atoms with E-state index < -0.39 is 0 Å². The molecular weight excluding hydrogens is 372 g/mol. The van der Waals surface area contributed by atoms with Crippen LogP contribution in [0.15, 0.2) is 72.8 Å². The molecule has 28 heavy (non-hydrogen) atoms. The lowest BCUT2D eigenvalue weighted by Gasteiger charge is -2.24. The highest BCUT2D eigenvalue weighted by Gasteiger charge is 2.27. The van der Waals surface area contributed by atoms with Crippen molar-refractivity contribution in [3.05, 3.63) is 83.4 Å². The zero-order valence-electron chi connectivity index (χ0n) is 15.6. The topological polar surface area (TPSA) is 41.6 Å². The van der Waals surface area contributed by atoms with E-state index in [4.69, 9.17) is 16.3 Å². The predicted molar refractivity (Wildman–Crippen MR) is 114 cm³/mol. The number of carbonyl (C=O) groups excluding carboxylic acids is 1. The third kappa shape index (κ3) is 3.97. The van der Waals surface area contributed by atoms with Crippen molar-refractivity contribution in [3.8, 4) is 11.5 Å². The second-order valence-electron chi connectivity index (χ2n) is 6.91. The molecule has 1 heterocycles. The van der Waals surface area contributed by atoms with Crippen LogP contribution in [0.2, 0.25) is 5.02 Å². The van der Waals surface area contributed by atoms with E-state index in [1.807, 2.05) is 42.5 Å². The maximum atomic E-state index is 12.8. The average Bonchev–Trinajstić information content (AvgIpc) is 3.00. The van der Waals surface area contributed by atoms with Crippen LogP contribution >= 0.6 is 11.6 Å². The van der Waals surface area contributed by atoms with Gasteiger partial charge in [-0.3, -0.25) is 4.79 Å². The van der Waals surface area contributed by atoms with Crippen molar-refractivity contribution in [2.24, 2.45) is 0 Å². The van der Waals surface area contributed by atoms with E-state index in [1.54, 1.807) is 18.2 Å². The Morgan fingerprint density at radius 3 is 2.68 bits per heavy atom. The van der Waals surface area contributed by atoms with Crippen LogP contribution in [0.25, 0.3) is 0 Å². The zero-order valence-corrected chi connectivity index (χ0v) is 16.3. The third-order valence-electron chi connectivity index (χ3n) is 4.85. The number of nitrogens with zero attached hydrogens (tertiary/aromatic N) is 1. The third-order valence-corrected chi connectivity index (χ3v) is 5.08. The number of amides is 1. The number of hydrogen-bond acceptors (Lipinski definition) is 3. The fourth-order valence-corrected chi connectivity index (χ4v) is 3.69. The molecule has 0 fully saturated rings. The van der Waals surface area contributed by atoms with Crippen molar-refractivity contribution in [1.82, 2.24) is 0 Å². The Hall–Kier alpha value is -2.98. The van der Waals surface area contributed by atoms with Gasteiger partial charge in [-0.25, -0.2) is 0 Å². The lowest BCUT2D eigenvalue weighted by atomic mass is 10.1. The number of fused-ring (bicyclic) bond motifs is 1. The molecule has 0 radical (unpaired) electrons. The summed E-state index contributed by atoms with van der Waals surface area (Å²) in [4.78, 5) is 14.9. The van der Waals surface area contributed by atoms with Crippen LogP contribution in [0.3, 0.4) is 0 Å². The summed E-state index contributed by atoms with van der Waals surface area (Å²) in [5.74, 6) is 1.14. The summed E-state index contributed by atoms with van der Waals surface area (Å²) in [6, 6.07) is 23.2. The normalized spacial score (nSPS) is 15.2. The summed E-state index contributed by atoms with van der Waals surface area (Å²) in [6.07, 6.45) is 0.947. The van der Waals surface area contributed by atoms with E-state index in [0.29, 0.717) is 22.2 Å². The molecule has 1 aliphatic heterocycles. The Bertz CT molecular complexity index is 991. The molecule has 0 bridgehead atoms. The lowest BCUT2D eigenvalue weighted by Crippen LogP contribution is -2.37. The van der Waals surface area contributed by atoms with E-state index in [0.717, 1.165) is 12.1 Å². The molecule has 1 N–H and O–H groups in total. The number of benzene rings is 3. The highest BCUT2D eigenvalue weighted by Crippen LogP contribution is 2.33. The minimum atomic E-state index is -0.108. The molecule has 0 saturated carbocycles. The minimum Gasteiger partial charge on any atom is -0.455 e. The Morgan fingerprint density at radius 2 is 1.86 bits per heavy atom.